The zero-order chi connectivity index (χ0) is 6.57. The highest BCUT2D eigenvalue weighted by Gasteiger charge is 1.84. The lowest BCUT2D eigenvalue weighted by atomic mass is 10.2. The first-order chi connectivity index (χ1) is 3.68. The van der Waals surface area contributed by atoms with E-state index >= 15 is 0 Å². The Morgan fingerprint density at radius 3 is 2.12 bits per heavy atom. The molecule has 0 bridgehead atoms. The second-order valence-electron chi connectivity index (χ2n) is 1.82. The van der Waals surface area contributed by atoms with E-state index in [9.17, 15) is 0 Å². The topological polar surface area (TPSA) is 0 Å². The van der Waals surface area contributed by atoms with E-state index in [0.717, 1.165) is 5.57 Å². The first-order valence-electron chi connectivity index (χ1n) is 2.54. The van der Waals surface area contributed by atoms with Gasteiger partial charge in [0, 0.05) is 0 Å². The Hall–Kier alpha value is -0.170. The molecule has 0 aromatic heterocycles. The highest BCUT2D eigenvalue weighted by Crippen LogP contribution is 2.09. The van der Waals surface area contributed by atoms with Gasteiger partial charge in [-0.15, -0.1) is 11.8 Å². The smallest absolute Gasteiger partial charge is 0.0142 e. The number of hydrogen-bond acceptors (Lipinski definition) is 1. The van der Waals surface area contributed by atoms with Crippen LogP contribution >= 0.6 is 11.8 Å². The molecule has 0 aliphatic rings. The molecule has 0 radical (unpaired) electrons. The maximum Gasteiger partial charge on any atom is -0.0142 e. The number of thioether (sulfide) groups is 1. The second kappa shape index (κ2) is 3.79. The minimum atomic E-state index is 1.15. The van der Waals surface area contributed by atoms with E-state index < -0.39 is 0 Å². The van der Waals surface area contributed by atoms with Crippen molar-refractivity contribution in [2.75, 3.05) is 6.26 Å². The van der Waals surface area contributed by atoms with Crippen LogP contribution < -0.4 is 0 Å². The van der Waals surface area contributed by atoms with Crippen LogP contribution in [0.1, 0.15) is 13.8 Å². The molecule has 0 saturated carbocycles. The molecule has 1 heteroatoms. The van der Waals surface area contributed by atoms with Gasteiger partial charge in [-0.25, -0.2) is 0 Å². The molecular formula is C7H12S. The molecule has 0 unspecified atom stereocenters. The van der Waals surface area contributed by atoms with Gasteiger partial charge >= 0.3 is 0 Å². The van der Waals surface area contributed by atoms with Crippen molar-refractivity contribution in [3.63, 3.8) is 0 Å². The largest absolute Gasteiger partial charge is 0.137 e. The van der Waals surface area contributed by atoms with Gasteiger partial charge < -0.3 is 0 Å². The molecule has 0 N–H and O–H groups in total. The van der Waals surface area contributed by atoms with E-state index in [2.05, 4.69) is 18.9 Å². The van der Waals surface area contributed by atoms with E-state index in [1.54, 1.807) is 11.8 Å². The first kappa shape index (κ1) is 7.83. The molecule has 8 heavy (non-hydrogen) atoms. The minimum absolute atomic E-state index is 1.15. The molecule has 0 aromatic carbocycles. The van der Waals surface area contributed by atoms with Gasteiger partial charge in [0.05, 0.1) is 0 Å². The van der Waals surface area contributed by atoms with Crippen LogP contribution in [-0.2, 0) is 0 Å². The second-order valence-corrected chi connectivity index (χ2v) is 2.52. The lowest BCUT2D eigenvalue weighted by Crippen LogP contribution is -1.71. The molecular weight excluding hydrogens is 116 g/mol. The Morgan fingerprint density at radius 1 is 1.50 bits per heavy atom. The monoisotopic (exact) mass is 128 g/mol. The Labute approximate surface area is 55.7 Å². The minimum Gasteiger partial charge on any atom is -0.137 e. The molecule has 0 fully saturated rings. The van der Waals surface area contributed by atoms with Gasteiger partial charge in [0.2, 0.25) is 0 Å². The van der Waals surface area contributed by atoms with E-state index in [-0.39, 0.29) is 0 Å². The molecule has 0 heterocycles. The highest BCUT2D eigenvalue weighted by atomic mass is 32.2. The quantitative estimate of drug-likeness (QED) is 0.515. The van der Waals surface area contributed by atoms with Crippen LogP contribution in [0.2, 0.25) is 0 Å². The van der Waals surface area contributed by atoms with Crippen LogP contribution in [-0.4, -0.2) is 6.26 Å². The molecule has 0 rings (SSSR count). The maximum atomic E-state index is 3.79. The zero-order valence-corrected chi connectivity index (χ0v) is 6.51. The van der Waals surface area contributed by atoms with Gasteiger partial charge in [-0.1, -0.05) is 12.2 Å². The van der Waals surface area contributed by atoms with Gasteiger partial charge in [0.15, 0.2) is 0 Å². The van der Waals surface area contributed by atoms with E-state index in [4.69, 9.17) is 0 Å². The van der Waals surface area contributed by atoms with Crippen molar-refractivity contribution >= 4 is 11.8 Å². The summed E-state index contributed by atoms with van der Waals surface area (Å²) in [4.78, 5) is 0. The fourth-order valence-electron chi connectivity index (χ4n) is 0.277. The summed E-state index contributed by atoms with van der Waals surface area (Å²) in [7, 11) is 0. The van der Waals surface area contributed by atoms with Crippen molar-refractivity contribution < 1.29 is 0 Å². The van der Waals surface area contributed by atoms with Crippen LogP contribution in [0.15, 0.2) is 23.1 Å². The molecule has 0 aliphatic heterocycles. The van der Waals surface area contributed by atoms with Crippen molar-refractivity contribution in [1.82, 2.24) is 0 Å². The fraction of sp³-hybridized carbons (Fsp3) is 0.429. The lowest BCUT2D eigenvalue weighted by Gasteiger charge is -1.94. The number of rotatable bonds is 2. The van der Waals surface area contributed by atoms with Crippen LogP contribution in [0.5, 0.6) is 0 Å². The third kappa shape index (κ3) is 2.92. The highest BCUT2D eigenvalue weighted by molar-refractivity contribution is 8.01. The molecule has 0 saturated heterocycles. The molecule has 0 spiro atoms. The van der Waals surface area contributed by atoms with Crippen molar-refractivity contribution in [2.45, 2.75) is 13.8 Å². The summed E-state index contributed by atoms with van der Waals surface area (Å²) in [6.45, 7) is 7.88. The van der Waals surface area contributed by atoms with Gasteiger partial charge in [-0.2, -0.15) is 0 Å². The molecule has 46 valence electrons. The molecule has 0 atom stereocenters. The van der Waals surface area contributed by atoms with Gasteiger partial charge in [-0.05, 0) is 31.1 Å². The Balaban J connectivity index is 3.80. The normalized spacial score (nSPS) is 11.6. The third-order valence-corrected chi connectivity index (χ3v) is 1.56. The molecule has 0 nitrogen and oxygen atoms in total. The predicted octanol–water partition coefficient (Wildman–Crippen LogP) is 2.83. The average Bonchev–Trinajstić information content (AvgIpc) is 1.67. The summed E-state index contributed by atoms with van der Waals surface area (Å²) < 4.78 is 0. The summed E-state index contributed by atoms with van der Waals surface area (Å²) in [5.74, 6) is 0. The van der Waals surface area contributed by atoms with Crippen molar-refractivity contribution in [3.8, 4) is 0 Å². The van der Waals surface area contributed by atoms with Crippen molar-refractivity contribution in [3.05, 3.63) is 23.1 Å². The Morgan fingerprint density at radius 2 is 2.00 bits per heavy atom. The summed E-state index contributed by atoms with van der Waals surface area (Å²) in [6.07, 6.45) is 2.05. The van der Waals surface area contributed by atoms with E-state index in [1.165, 1.54) is 5.57 Å². The van der Waals surface area contributed by atoms with Crippen molar-refractivity contribution in [1.29, 1.82) is 0 Å². The SMILES string of the molecule is C=C(C)C(C)=CSC. The van der Waals surface area contributed by atoms with Crippen LogP contribution in [0, 0.1) is 0 Å². The van der Waals surface area contributed by atoms with Crippen molar-refractivity contribution in [2.24, 2.45) is 0 Å². The summed E-state index contributed by atoms with van der Waals surface area (Å²) in [6, 6.07) is 0. The Kier molecular flexibility index (Phi) is 3.71. The predicted molar refractivity (Wildman–Crippen MR) is 42.1 cm³/mol. The zero-order valence-electron chi connectivity index (χ0n) is 5.69. The third-order valence-electron chi connectivity index (χ3n) is 0.968. The molecule has 0 aromatic rings. The maximum absolute atomic E-state index is 3.79. The van der Waals surface area contributed by atoms with Crippen LogP contribution in [0.25, 0.3) is 0 Å². The first-order valence-corrected chi connectivity index (χ1v) is 3.82. The van der Waals surface area contributed by atoms with Crippen LogP contribution in [0.3, 0.4) is 0 Å². The lowest BCUT2D eigenvalue weighted by molar-refractivity contribution is 1.38. The van der Waals surface area contributed by atoms with E-state index in [0.29, 0.717) is 0 Å². The molecule has 0 aliphatic carbocycles. The summed E-state index contributed by atoms with van der Waals surface area (Å²) >= 11 is 1.72. The number of hydrogen-bond donors (Lipinski definition) is 0. The van der Waals surface area contributed by atoms with Gasteiger partial charge in [0.1, 0.15) is 0 Å². The van der Waals surface area contributed by atoms with E-state index in [1.807, 2.05) is 13.2 Å². The van der Waals surface area contributed by atoms with Gasteiger partial charge in [-0.3, -0.25) is 0 Å². The summed E-state index contributed by atoms with van der Waals surface area (Å²) in [5.41, 5.74) is 2.43. The average molecular weight is 128 g/mol. The Bertz CT molecular complexity index is 112. The molecule has 0 amide bonds. The fourth-order valence-corrected chi connectivity index (χ4v) is 0.832. The van der Waals surface area contributed by atoms with Gasteiger partial charge in [0.25, 0.3) is 0 Å². The van der Waals surface area contributed by atoms with Crippen LogP contribution in [0.4, 0.5) is 0 Å². The standard InChI is InChI=1S/C7H12S/c1-6(2)7(3)5-8-4/h5H,1H2,2-4H3. The number of allylic oxidation sites excluding steroid dienone is 2. The summed E-state index contributed by atoms with van der Waals surface area (Å²) in [5, 5.41) is 2.10.